The normalized spacial score (nSPS) is 24.4. The van der Waals surface area contributed by atoms with E-state index in [1.165, 1.54) is 0 Å². The number of aliphatic hydroxyl groups excluding tert-OH is 1. The highest BCUT2D eigenvalue weighted by Crippen LogP contribution is 2.42. The predicted molar refractivity (Wildman–Crippen MR) is 152 cm³/mol. The van der Waals surface area contributed by atoms with Crippen molar-refractivity contribution in [2.45, 2.75) is 104 Å². The maximum absolute atomic E-state index is 14.1. The number of amides is 1. The van der Waals surface area contributed by atoms with Gasteiger partial charge in [-0.15, -0.1) is 0 Å². The van der Waals surface area contributed by atoms with Gasteiger partial charge in [0.15, 0.2) is 0 Å². The number of ketones is 1. The lowest BCUT2D eigenvalue weighted by Gasteiger charge is -2.41. The Bertz CT molecular complexity index is 1200. The summed E-state index contributed by atoms with van der Waals surface area (Å²) in [6.45, 7) is 10.1. The number of nitrogens with zero attached hydrogens (tertiary/aromatic N) is 3. The van der Waals surface area contributed by atoms with E-state index in [4.69, 9.17) is 23.2 Å². The number of Topliss-reactive ketones (excluding diaryl/α,β-unsaturated/α-hetero) is 1. The molecule has 2 fully saturated rings. The van der Waals surface area contributed by atoms with Crippen LogP contribution in [0, 0.1) is 23.6 Å². The minimum Gasteiger partial charge on any atom is -0.386 e. The quantitative estimate of drug-likeness (QED) is 0.368. The lowest BCUT2D eigenvalue weighted by molar-refractivity contribution is -0.127. The van der Waals surface area contributed by atoms with Gasteiger partial charge >= 0.3 is 0 Å². The number of benzene rings is 1. The van der Waals surface area contributed by atoms with Crippen LogP contribution in [0.4, 0.5) is 4.39 Å². The van der Waals surface area contributed by atoms with Gasteiger partial charge in [-0.1, -0.05) is 44.0 Å². The van der Waals surface area contributed by atoms with Crippen LogP contribution in [0.5, 0.6) is 0 Å². The van der Waals surface area contributed by atoms with E-state index in [1.54, 1.807) is 18.0 Å². The Morgan fingerprint density at radius 2 is 1.67 bits per heavy atom. The van der Waals surface area contributed by atoms with Gasteiger partial charge in [0, 0.05) is 22.7 Å². The molecule has 2 aromatic rings. The maximum Gasteiger partial charge on any atom is 0.257 e. The largest absolute Gasteiger partial charge is 0.386 e. The van der Waals surface area contributed by atoms with Crippen LogP contribution >= 0.6 is 23.2 Å². The number of rotatable bonds is 7. The molecule has 0 saturated heterocycles. The van der Waals surface area contributed by atoms with Crippen molar-refractivity contribution in [3.8, 4) is 0 Å². The summed E-state index contributed by atoms with van der Waals surface area (Å²) in [6, 6.07) is 2.31. The molecule has 0 bridgehead atoms. The van der Waals surface area contributed by atoms with Gasteiger partial charge in [0.25, 0.3) is 5.91 Å². The second-order valence-corrected chi connectivity index (χ2v) is 13.4. The average Bonchev–Trinajstić information content (AvgIpc) is 3.23. The molecule has 1 aromatic heterocycles. The first-order valence-corrected chi connectivity index (χ1v) is 14.7. The Hall–Kier alpha value is -1.96. The fraction of sp³-hybridized carbons (Fsp3) is 0.633. The van der Waals surface area contributed by atoms with Gasteiger partial charge < -0.3 is 10.0 Å². The Morgan fingerprint density at radius 1 is 1.10 bits per heavy atom. The zero-order valence-electron chi connectivity index (χ0n) is 23.6. The van der Waals surface area contributed by atoms with Crippen molar-refractivity contribution >= 4 is 34.9 Å². The molecule has 4 rings (SSSR count). The van der Waals surface area contributed by atoms with Crippen LogP contribution in [-0.4, -0.2) is 44.1 Å². The summed E-state index contributed by atoms with van der Waals surface area (Å²) >= 11 is 12.5. The molecule has 1 heterocycles. The molecule has 0 aliphatic heterocycles. The van der Waals surface area contributed by atoms with E-state index < -0.39 is 11.9 Å². The zero-order valence-corrected chi connectivity index (χ0v) is 25.1. The maximum atomic E-state index is 14.1. The van der Waals surface area contributed by atoms with E-state index in [-0.39, 0.29) is 56.8 Å². The number of aromatic nitrogens is 2. The minimum absolute atomic E-state index is 0.0139. The first kappa shape index (κ1) is 30.0. The van der Waals surface area contributed by atoms with Crippen LogP contribution in [-0.2, 0) is 4.79 Å². The molecule has 39 heavy (non-hydrogen) atoms. The van der Waals surface area contributed by atoms with Gasteiger partial charge in [0.2, 0.25) is 0 Å². The first-order chi connectivity index (χ1) is 18.2. The molecule has 0 radical (unpaired) electrons. The van der Waals surface area contributed by atoms with Crippen LogP contribution < -0.4 is 0 Å². The number of hydrogen-bond donors (Lipinski definition) is 1. The Labute approximate surface area is 240 Å². The van der Waals surface area contributed by atoms with Crippen LogP contribution in [0.1, 0.15) is 113 Å². The summed E-state index contributed by atoms with van der Waals surface area (Å²) in [5.74, 6) is -0.556. The average molecular weight is 581 g/mol. The fourth-order valence-corrected chi connectivity index (χ4v) is 6.95. The minimum atomic E-state index is -1.18. The first-order valence-electron chi connectivity index (χ1n) is 13.9. The van der Waals surface area contributed by atoms with Crippen molar-refractivity contribution < 1.29 is 19.1 Å². The monoisotopic (exact) mass is 579 g/mol. The molecule has 2 saturated carbocycles. The van der Waals surface area contributed by atoms with E-state index in [0.717, 1.165) is 69.2 Å². The third-order valence-electron chi connectivity index (χ3n) is 9.29. The predicted octanol–water partition coefficient (Wildman–Crippen LogP) is 7.49. The molecular formula is C30H40Cl2FN3O3. The number of carbonyl (C=O) groups excluding carboxylic acids is 2. The second kappa shape index (κ2) is 11.5. The third kappa shape index (κ3) is 6.36. The van der Waals surface area contributed by atoms with E-state index >= 15 is 0 Å². The topological polar surface area (TPSA) is 75.4 Å². The van der Waals surface area contributed by atoms with E-state index in [9.17, 15) is 19.1 Å². The number of carbonyl (C=O) groups is 2. The summed E-state index contributed by atoms with van der Waals surface area (Å²) in [5.41, 5.74) is 1.41. The highest BCUT2D eigenvalue weighted by atomic mass is 35.5. The molecule has 1 aromatic carbocycles. The van der Waals surface area contributed by atoms with Crippen LogP contribution in [0.3, 0.4) is 0 Å². The van der Waals surface area contributed by atoms with Gasteiger partial charge in [-0.3, -0.25) is 14.3 Å². The molecule has 1 N–H and O–H groups in total. The van der Waals surface area contributed by atoms with Crippen molar-refractivity contribution in [2.75, 3.05) is 6.54 Å². The summed E-state index contributed by atoms with van der Waals surface area (Å²) in [4.78, 5) is 27.9. The summed E-state index contributed by atoms with van der Waals surface area (Å²) in [5, 5.41) is 15.9. The van der Waals surface area contributed by atoms with Crippen molar-refractivity contribution in [3.63, 3.8) is 0 Å². The molecule has 1 atom stereocenters. The fourth-order valence-electron chi connectivity index (χ4n) is 6.24. The van der Waals surface area contributed by atoms with Gasteiger partial charge in [-0.05, 0) is 82.8 Å². The molecule has 2 aliphatic carbocycles. The van der Waals surface area contributed by atoms with Crippen LogP contribution in [0.25, 0.3) is 0 Å². The number of aliphatic hydroxyl groups is 1. The Balaban J connectivity index is 1.60. The molecule has 1 amide bonds. The lowest BCUT2D eigenvalue weighted by atomic mass is 9.71. The molecule has 9 heteroatoms. The molecule has 0 spiro atoms. The Morgan fingerprint density at radius 3 is 2.21 bits per heavy atom. The molecule has 1 unspecified atom stereocenters. The van der Waals surface area contributed by atoms with Crippen molar-refractivity contribution in [1.82, 2.24) is 14.7 Å². The molecule has 6 nitrogen and oxygen atoms in total. The SMILES string of the molecule is CC(=O)C1(C)CCC(n2ncc(C(=O)N(CC(O)c3c(Cl)cc(F)cc3Cl)C3CCC(C)(C)CC3)c2C)CC1. The Kier molecular flexibility index (Phi) is 8.85. The van der Waals surface area contributed by atoms with Crippen molar-refractivity contribution in [1.29, 1.82) is 0 Å². The van der Waals surface area contributed by atoms with E-state index in [1.807, 2.05) is 18.5 Å². The highest BCUT2D eigenvalue weighted by molar-refractivity contribution is 6.36. The number of halogens is 3. The smallest absolute Gasteiger partial charge is 0.257 e. The lowest BCUT2D eigenvalue weighted by Crippen LogP contribution is -2.45. The molecule has 2 aliphatic rings. The van der Waals surface area contributed by atoms with Gasteiger partial charge in [-0.25, -0.2) is 4.39 Å². The highest BCUT2D eigenvalue weighted by Gasteiger charge is 2.38. The molecule has 214 valence electrons. The van der Waals surface area contributed by atoms with Crippen molar-refractivity contribution in [2.24, 2.45) is 10.8 Å². The third-order valence-corrected chi connectivity index (χ3v) is 9.91. The summed E-state index contributed by atoms with van der Waals surface area (Å²) in [7, 11) is 0. The van der Waals surface area contributed by atoms with Crippen LogP contribution in [0.2, 0.25) is 10.0 Å². The van der Waals surface area contributed by atoms with Gasteiger partial charge in [0.05, 0.1) is 40.5 Å². The van der Waals surface area contributed by atoms with Crippen LogP contribution in [0.15, 0.2) is 18.3 Å². The zero-order chi connectivity index (χ0) is 28.7. The van der Waals surface area contributed by atoms with E-state index in [0.29, 0.717) is 5.56 Å². The standard InChI is InChI=1S/C30H40Cl2FN3O3/c1-18-23(16-34-36(18)22-8-12-30(5,13-9-22)19(2)37)28(39)35(21-6-10-29(3,4)11-7-21)17-26(38)27-24(31)14-20(33)15-25(27)32/h14-16,21-22,26,38H,6-13,17H2,1-5H3. The molecular weight excluding hydrogens is 540 g/mol. The second-order valence-electron chi connectivity index (χ2n) is 12.6. The summed E-state index contributed by atoms with van der Waals surface area (Å²) < 4.78 is 15.7. The van der Waals surface area contributed by atoms with E-state index in [2.05, 4.69) is 18.9 Å². The van der Waals surface area contributed by atoms with Gasteiger partial charge in [-0.2, -0.15) is 5.10 Å². The van der Waals surface area contributed by atoms with Crippen molar-refractivity contribution in [3.05, 3.63) is 51.0 Å². The summed E-state index contributed by atoms with van der Waals surface area (Å²) in [6.07, 6.45) is 7.25. The van der Waals surface area contributed by atoms with Gasteiger partial charge in [0.1, 0.15) is 11.6 Å². The number of hydrogen-bond acceptors (Lipinski definition) is 4.